The summed E-state index contributed by atoms with van der Waals surface area (Å²) in [6.07, 6.45) is 21.6. The number of aryl methyl sites for hydroxylation is 1. The zero-order chi connectivity index (χ0) is 20.3. The molecule has 0 spiro atoms. The Hall–Kier alpha value is -1.56. The van der Waals surface area contributed by atoms with Gasteiger partial charge in [0.2, 0.25) is 0 Å². The lowest BCUT2D eigenvalue weighted by Crippen LogP contribution is -2.05. The van der Waals surface area contributed by atoms with Crippen molar-refractivity contribution in [3.05, 3.63) is 53.6 Å². The Morgan fingerprint density at radius 2 is 1.48 bits per heavy atom. The van der Waals surface area contributed by atoms with Crippen molar-refractivity contribution in [3.8, 4) is 0 Å². The summed E-state index contributed by atoms with van der Waals surface area (Å²) in [4.78, 5) is 0. The van der Waals surface area contributed by atoms with Gasteiger partial charge in [-0.15, -0.1) is 0 Å². The standard InChI is InChI=1S/C29H42/c1-3-5-7-9-11-13-25-16-19-29-23-28(21-20-27(29)22-25)26-17-14-24(15-18-26)12-10-8-6-4-2/h16-17,19-24H,3-15,18H2,1-2H3. The van der Waals surface area contributed by atoms with E-state index in [0.29, 0.717) is 0 Å². The van der Waals surface area contributed by atoms with Crippen LogP contribution >= 0.6 is 0 Å². The molecule has 1 aliphatic rings. The molecule has 2 aromatic carbocycles. The smallest absolute Gasteiger partial charge is 0.0178 e. The highest BCUT2D eigenvalue weighted by molar-refractivity contribution is 5.87. The maximum atomic E-state index is 2.54. The van der Waals surface area contributed by atoms with E-state index >= 15 is 0 Å². The average Bonchev–Trinajstić information content (AvgIpc) is 2.76. The predicted octanol–water partition coefficient (Wildman–Crippen LogP) is 9.51. The first-order chi connectivity index (χ1) is 14.3. The molecule has 2 aromatic rings. The predicted molar refractivity (Wildman–Crippen MR) is 130 cm³/mol. The Bertz CT molecular complexity index is 767. The van der Waals surface area contributed by atoms with Crippen LogP contribution < -0.4 is 0 Å². The molecule has 0 bridgehead atoms. The molecule has 0 saturated carbocycles. The number of allylic oxidation sites excluding steroid dienone is 2. The summed E-state index contributed by atoms with van der Waals surface area (Å²) in [5.74, 6) is 0.927. The molecule has 1 unspecified atom stereocenters. The minimum atomic E-state index is 0.927. The fraction of sp³-hybridized carbons (Fsp3) is 0.586. The van der Waals surface area contributed by atoms with Gasteiger partial charge in [0, 0.05) is 0 Å². The van der Waals surface area contributed by atoms with Crippen LogP contribution in [0.2, 0.25) is 0 Å². The van der Waals surface area contributed by atoms with Crippen LogP contribution in [-0.2, 0) is 6.42 Å². The summed E-state index contributed by atoms with van der Waals surface area (Å²) in [5.41, 5.74) is 4.54. The van der Waals surface area contributed by atoms with Crippen LogP contribution in [0.3, 0.4) is 0 Å². The number of benzene rings is 2. The lowest BCUT2D eigenvalue weighted by molar-refractivity contribution is 0.425. The molecule has 1 aliphatic carbocycles. The van der Waals surface area contributed by atoms with Crippen molar-refractivity contribution in [2.45, 2.75) is 104 Å². The fourth-order valence-corrected chi connectivity index (χ4v) is 4.86. The van der Waals surface area contributed by atoms with E-state index in [1.807, 2.05) is 0 Å². The maximum absolute atomic E-state index is 2.54. The summed E-state index contributed by atoms with van der Waals surface area (Å²) in [6.45, 7) is 4.59. The summed E-state index contributed by atoms with van der Waals surface area (Å²) in [6, 6.07) is 14.3. The third-order valence-electron chi connectivity index (χ3n) is 6.83. The molecule has 0 nitrogen and oxygen atoms in total. The average molecular weight is 391 g/mol. The second-order valence-corrected chi connectivity index (χ2v) is 9.28. The third kappa shape index (κ3) is 7.02. The minimum Gasteiger partial charge on any atom is -0.0804 e. The summed E-state index contributed by atoms with van der Waals surface area (Å²) in [5, 5.41) is 2.81. The molecule has 29 heavy (non-hydrogen) atoms. The molecule has 0 N–H and O–H groups in total. The number of hydrogen-bond donors (Lipinski definition) is 0. The van der Waals surface area contributed by atoms with Crippen molar-refractivity contribution in [1.29, 1.82) is 0 Å². The van der Waals surface area contributed by atoms with Gasteiger partial charge in [-0.1, -0.05) is 108 Å². The molecule has 158 valence electrons. The molecule has 0 heteroatoms. The van der Waals surface area contributed by atoms with E-state index in [1.165, 1.54) is 112 Å². The van der Waals surface area contributed by atoms with Gasteiger partial charge in [0.25, 0.3) is 0 Å². The van der Waals surface area contributed by atoms with Crippen molar-refractivity contribution >= 4 is 16.3 Å². The Balaban J connectivity index is 1.54. The SMILES string of the molecule is CCCCCCCc1ccc2cc(C3=CCC(CCCCCC)CC3)ccc2c1. The van der Waals surface area contributed by atoms with Crippen molar-refractivity contribution < 1.29 is 0 Å². The first kappa shape index (κ1) is 22.1. The second kappa shape index (κ2) is 12.2. The van der Waals surface area contributed by atoms with Crippen LogP contribution in [0.5, 0.6) is 0 Å². The molecule has 0 aromatic heterocycles. The van der Waals surface area contributed by atoms with E-state index in [4.69, 9.17) is 0 Å². The van der Waals surface area contributed by atoms with Gasteiger partial charge in [-0.25, -0.2) is 0 Å². The zero-order valence-corrected chi connectivity index (χ0v) is 19.0. The number of unbranched alkanes of at least 4 members (excludes halogenated alkanes) is 7. The van der Waals surface area contributed by atoms with Gasteiger partial charge in [-0.2, -0.15) is 0 Å². The van der Waals surface area contributed by atoms with Crippen LogP contribution in [0, 0.1) is 5.92 Å². The molecule has 0 radical (unpaired) electrons. The molecule has 0 saturated heterocycles. The third-order valence-corrected chi connectivity index (χ3v) is 6.83. The monoisotopic (exact) mass is 390 g/mol. The second-order valence-electron chi connectivity index (χ2n) is 9.28. The van der Waals surface area contributed by atoms with Crippen molar-refractivity contribution in [3.63, 3.8) is 0 Å². The lowest BCUT2D eigenvalue weighted by Gasteiger charge is -2.22. The maximum Gasteiger partial charge on any atom is -0.0178 e. The van der Waals surface area contributed by atoms with E-state index in [1.54, 1.807) is 5.57 Å². The van der Waals surface area contributed by atoms with Gasteiger partial charge in [-0.05, 0) is 71.6 Å². The molecule has 3 rings (SSSR count). The fourth-order valence-electron chi connectivity index (χ4n) is 4.86. The molecule has 0 aliphatic heterocycles. The van der Waals surface area contributed by atoms with Crippen molar-refractivity contribution in [2.75, 3.05) is 0 Å². The van der Waals surface area contributed by atoms with E-state index in [2.05, 4.69) is 56.3 Å². The van der Waals surface area contributed by atoms with Gasteiger partial charge >= 0.3 is 0 Å². The molecule has 0 fully saturated rings. The lowest BCUT2D eigenvalue weighted by atomic mass is 9.83. The van der Waals surface area contributed by atoms with Crippen LogP contribution in [-0.4, -0.2) is 0 Å². The normalized spacial score (nSPS) is 16.9. The Morgan fingerprint density at radius 1 is 0.759 bits per heavy atom. The molecule has 0 amide bonds. The first-order valence-corrected chi connectivity index (χ1v) is 12.5. The highest BCUT2D eigenvalue weighted by Crippen LogP contribution is 2.34. The van der Waals surface area contributed by atoms with Gasteiger partial charge < -0.3 is 0 Å². The van der Waals surface area contributed by atoms with E-state index in [-0.39, 0.29) is 0 Å². The Labute approximate surface area is 179 Å². The number of fused-ring (bicyclic) bond motifs is 1. The molecular weight excluding hydrogens is 348 g/mol. The van der Waals surface area contributed by atoms with Gasteiger partial charge in [-0.3, -0.25) is 0 Å². The topological polar surface area (TPSA) is 0 Å². The highest BCUT2D eigenvalue weighted by atomic mass is 14.2. The highest BCUT2D eigenvalue weighted by Gasteiger charge is 2.15. The van der Waals surface area contributed by atoms with Gasteiger partial charge in [0.15, 0.2) is 0 Å². The van der Waals surface area contributed by atoms with Crippen LogP contribution in [0.4, 0.5) is 0 Å². The summed E-state index contributed by atoms with van der Waals surface area (Å²) in [7, 11) is 0. The van der Waals surface area contributed by atoms with E-state index in [9.17, 15) is 0 Å². The van der Waals surface area contributed by atoms with E-state index < -0.39 is 0 Å². The first-order valence-electron chi connectivity index (χ1n) is 12.5. The summed E-state index contributed by atoms with van der Waals surface area (Å²) >= 11 is 0. The zero-order valence-electron chi connectivity index (χ0n) is 19.0. The van der Waals surface area contributed by atoms with E-state index in [0.717, 1.165) is 5.92 Å². The molecular formula is C29H42. The Morgan fingerprint density at radius 3 is 2.24 bits per heavy atom. The largest absolute Gasteiger partial charge is 0.0804 e. The summed E-state index contributed by atoms with van der Waals surface area (Å²) < 4.78 is 0. The minimum absolute atomic E-state index is 0.927. The molecule has 0 heterocycles. The Kier molecular flexibility index (Phi) is 9.32. The van der Waals surface area contributed by atoms with Gasteiger partial charge in [0.05, 0.1) is 0 Å². The van der Waals surface area contributed by atoms with Crippen LogP contribution in [0.15, 0.2) is 42.5 Å². The van der Waals surface area contributed by atoms with Crippen LogP contribution in [0.25, 0.3) is 16.3 Å². The van der Waals surface area contributed by atoms with Crippen molar-refractivity contribution in [1.82, 2.24) is 0 Å². The van der Waals surface area contributed by atoms with Gasteiger partial charge in [0.1, 0.15) is 0 Å². The number of hydrogen-bond acceptors (Lipinski definition) is 0. The number of rotatable bonds is 12. The van der Waals surface area contributed by atoms with Crippen LogP contribution in [0.1, 0.15) is 108 Å². The quantitative estimate of drug-likeness (QED) is 0.316. The molecule has 1 atom stereocenters. The van der Waals surface area contributed by atoms with Crippen molar-refractivity contribution in [2.24, 2.45) is 5.92 Å².